The summed E-state index contributed by atoms with van der Waals surface area (Å²) in [4.78, 5) is 71.6. The number of carboxylic acid groups (broad SMARTS) is 1. The minimum Gasteiger partial charge on any atom is -0.465 e. The first-order chi connectivity index (χ1) is 26.5. The largest absolute Gasteiger partial charge is 0.465 e. The fourth-order valence-electron chi connectivity index (χ4n) is 8.57. The Morgan fingerprint density at radius 3 is 2.02 bits per heavy atom. The number of piperidine rings is 2. The zero-order valence-corrected chi connectivity index (χ0v) is 30.9. The molecule has 0 radical (unpaired) electrons. The van der Waals surface area contributed by atoms with Gasteiger partial charge in [-0.3, -0.25) is 14.5 Å². The number of alkyl carbamates (subject to hydrolysis) is 1. The van der Waals surface area contributed by atoms with Crippen LogP contribution in [0.15, 0.2) is 60.7 Å². The van der Waals surface area contributed by atoms with E-state index in [1.807, 2.05) is 70.5 Å². The molecule has 2 aromatic heterocycles. The van der Waals surface area contributed by atoms with Crippen molar-refractivity contribution in [3.05, 3.63) is 72.3 Å². The normalized spacial score (nSPS) is 24.6. The lowest BCUT2D eigenvalue weighted by atomic mass is 10.0. The SMILES string of the molecule is COC(=O)N[C@@H](C)C(=O)N1[C@@H]2C[C@H]2C[C@H]1c1nc2cc(Oc3cccc(-c4ccc5[nH]c([C@@H]6C[C@H]7C[C@H]7N6C(=O)[C@H](C)N(C)C(=O)O)nc5c4)c3)ccc2[nH]1. The fourth-order valence-corrected chi connectivity index (χ4v) is 8.57. The van der Waals surface area contributed by atoms with Crippen LogP contribution in [0.5, 0.6) is 11.5 Å². The summed E-state index contributed by atoms with van der Waals surface area (Å²) in [5.41, 5.74) is 5.08. The molecule has 4 heterocycles. The highest BCUT2D eigenvalue weighted by atomic mass is 16.5. The van der Waals surface area contributed by atoms with Gasteiger partial charge >= 0.3 is 12.2 Å². The van der Waals surface area contributed by atoms with E-state index >= 15 is 0 Å². The number of likely N-dealkylation sites (tertiary alicyclic amines) is 2. The summed E-state index contributed by atoms with van der Waals surface area (Å²) in [7, 11) is 2.70. The zero-order valence-electron chi connectivity index (χ0n) is 30.9. The van der Waals surface area contributed by atoms with Crippen LogP contribution in [0, 0.1) is 11.8 Å². The van der Waals surface area contributed by atoms with Crippen molar-refractivity contribution in [3.63, 3.8) is 0 Å². The number of aromatic amines is 2. The topological polar surface area (TPSA) is 186 Å². The monoisotopic (exact) mass is 746 g/mol. The van der Waals surface area contributed by atoms with Crippen LogP contribution in [-0.2, 0) is 14.3 Å². The van der Waals surface area contributed by atoms with Crippen LogP contribution < -0.4 is 10.1 Å². The zero-order chi connectivity index (χ0) is 38.3. The Morgan fingerprint density at radius 1 is 0.800 bits per heavy atom. The molecule has 0 bridgehead atoms. The number of methoxy groups -OCH3 is 1. The number of nitrogens with zero attached hydrogens (tertiary/aromatic N) is 5. The number of benzene rings is 3. The van der Waals surface area contributed by atoms with E-state index < -0.39 is 24.3 Å². The van der Waals surface area contributed by atoms with Crippen molar-refractivity contribution in [1.29, 1.82) is 0 Å². The molecular weight excluding hydrogens is 704 g/mol. The van der Waals surface area contributed by atoms with Crippen molar-refractivity contribution in [1.82, 2.24) is 40.0 Å². The standard InChI is InChI=1S/C40H42N8O7/c1-19(41-39(51)54-4)37(49)47-31-14-23(31)16-33(47)35-43-28-11-9-26(18-30(28)45-35)55-25-7-5-6-21(12-25)22-8-10-27-29(13-22)44-36(42-27)34-17-24-15-32(24)48(34)38(50)20(2)46(3)40(52)53/h5-13,18-20,23-24,31-34H,14-17H2,1-4H3,(H,41,51)(H,42,44)(H,43,45)(H,52,53)/t19-,20-,23-,24+,31+,32+,33-,34-/m0/s1. The van der Waals surface area contributed by atoms with Gasteiger partial charge in [-0.05, 0) is 98.9 Å². The molecule has 2 aliphatic heterocycles. The highest BCUT2D eigenvalue weighted by Crippen LogP contribution is 2.54. The Kier molecular flexibility index (Phi) is 8.20. The number of carbonyl (C=O) groups excluding carboxylic acids is 3. The van der Waals surface area contributed by atoms with Gasteiger partial charge < -0.3 is 39.7 Å². The van der Waals surface area contributed by atoms with Gasteiger partial charge in [-0.1, -0.05) is 18.2 Å². The van der Waals surface area contributed by atoms with E-state index in [0.29, 0.717) is 35.0 Å². The second-order valence-corrected chi connectivity index (χ2v) is 15.3. The highest BCUT2D eigenvalue weighted by Gasteiger charge is 2.57. The van der Waals surface area contributed by atoms with E-state index in [1.165, 1.54) is 14.2 Å². The van der Waals surface area contributed by atoms with Crippen LogP contribution in [-0.4, -0.2) is 102 Å². The van der Waals surface area contributed by atoms with Gasteiger partial charge in [-0.15, -0.1) is 0 Å². The van der Waals surface area contributed by atoms with Gasteiger partial charge in [0, 0.05) is 25.2 Å². The summed E-state index contributed by atoms with van der Waals surface area (Å²) in [5.74, 6) is 3.16. The maximum Gasteiger partial charge on any atom is 0.407 e. The molecule has 4 fully saturated rings. The molecule has 4 amide bonds. The Bertz CT molecular complexity index is 2370. The number of H-pyrrole nitrogens is 2. The second kappa shape index (κ2) is 13.0. The molecule has 4 N–H and O–H groups in total. The number of carbonyl (C=O) groups is 4. The predicted octanol–water partition coefficient (Wildman–Crippen LogP) is 5.97. The molecule has 4 aliphatic rings. The van der Waals surface area contributed by atoms with E-state index in [4.69, 9.17) is 14.7 Å². The maximum absolute atomic E-state index is 13.5. The van der Waals surface area contributed by atoms with Crippen molar-refractivity contribution < 1.29 is 33.8 Å². The third-order valence-electron chi connectivity index (χ3n) is 11.9. The summed E-state index contributed by atoms with van der Waals surface area (Å²) < 4.78 is 11.0. The van der Waals surface area contributed by atoms with Gasteiger partial charge in [0.05, 0.1) is 41.3 Å². The van der Waals surface area contributed by atoms with Crippen LogP contribution in [0.25, 0.3) is 33.2 Å². The fraction of sp³-hybridized carbons (Fsp3) is 0.400. The van der Waals surface area contributed by atoms with Gasteiger partial charge in [0.15, 0.2) is 0 Å². The molecule has 0 spiro atoms. The molecule has 15 nitrogen and oxygen atoms in total. The summed E-state index contributed by atoms with van der Waals surface area (Å²) in [6.07, 6.45) is 1.73. The predicted molar refractivity (Wildman–Crippen MR) is 200 cm³/mol. The van der Waals surface area contributed by atoms with Crippen molar-refractivity contribution in [2.24, 2.45) is 11.8 Å². The molecule has 3 aromatic carbocycles. The average Bonchev–Trinajstić information content (AvgIpc) is 3.85. The van der Waals surface area contributed by atoms with Crippen LogP contribution in [0.4, 0.5) is 9.59 Å². The first-order valence-corrected chi connectivity index (χ1v) is 18.7. The molecule has 15 heteroatoms. The van der Waals surface area contributed by atoms with Crippen LogP contribution in [0.1, 0.15) is 63.3 Å². The van der Waals surface area contributed by atoms with Crippen LogP contribution >= 0.6 is 0 Å². The minimum atomic E-state index is -1.14. The third-order valence-corrected chi connectivity index (χ3v) is 11.9. The quantitative estimate of drug-likeness (QED) is 0.141. The Hall–Kier alpha value is -6.12. The van der Waals surface area contributed by atoms with Crippen molar-refractivity contribution in [2.75, 3.05) is 14.2 Å². The smallest absolute Gasteiger partial charge is 0.407 e. The van der Waals surface area contributed by atoms with E-state index in [-0.39, 0.29) is 36.0 Å². The molecule has 9 rings (SSSR count). The summed E-state index contributed by atoms with van der Waals surface area (Å²) >= 11 is 0. The number of hydrogen-bond donors (Lipinski definition) is 4. The number of imidazole rings is 2. The number of aromatic nitrogens is 4. The van der Waals surface area contributed by atoms with E-state index in [9.17, 15) is 24.3 Å². The number of fused-ring (bicyclic) bond motifs is 4. The van der Waals surface area contributed by atoms with Gasteiger partial charge in [-0.25, -0.2) is 19.6 Å². The highest BCUT2D eigenvalue weighted by molar-refractivity contribution is 5.88. The number of amides is 4. The van der Waals surface area contributed by atoms with Crippen molar-refractivity contribution in [3.8, 4) is 22.6 Å². The molecule has 2 aliphatic carbocycles. The van der Waals surface area contributed by atoms with Gasteiger partial charge in [-0.2, -0.15) is 0 Å². The molecule has 2 saturated carbocycles. The summed E-state index contributed by atoms with van der Waals surface area (Å²) in [6.45, 7) is 3.30. The van der Waals surface area contributed by atoms with E-state index in [0.717, 1.165) is 63.8 Å². The molecular formula is C40H42N8O7. The Balaban J connectivity index is 0.910. The molecule has 55 heavy (non-hydrogen) atoms. The number of likely N-dealkylation sites (N-methyl/N-ethyl adjacent to an activating group) is 1. The minimum absolute atomic E-state index is 0.121. The maximum atomic E-state index is 13.5. The first-order valence-electron chi connectivity index (χ1n) is 18.7. The average molecular weight is 747 g/mol. The molecule has 2 saturated heterocycles. The Labute approximate surface area is 316 Å². The third kappa shape index (κ3) is 6.16. The molecule has 0 unspecified atom stereocenters. The van der Waals surface area contributed by atoms with Crippen LogP contribution in [0.2, 0.25) is 0 Å². The van der Waals surface area contributed by atoms with E-state index in [1.54, 1.807) is 13.8 Å². The molecule has 5 aromatic rings. The second-order valence-electron chi connectivity index (χ2n) is 15.3. The van der Waals surface area contributed by atoms with Crippen molar-refractivity contribution >= 4 is 46.1 Å². The lowest BCUT2D eigenvalue weighted by Crippen LogP contribution is -2.48. The lowest BCUT2D eigenvalue weighted by Gasteiger charge is -2.31. The van der Waals surface area contributed by atoms with E-state index in [2.05, 4.69) is 20.0 Å². The Morgan fingerprint density at radius 2 is 1.38 bits per heavy atom. The molecule has 284 valence electrons. The van der Waals surface area contributed by atoms with Gasteiger partial charge in [0.2, 0.25) is 11.8 Å². The number of ether oxygens (including phenoxy) is 2. The number of hydrogen-bond acceptors (Lipinski definition) is 8. The number of nitrogens with one attached hydrogen (secondary N) is 3. The summed E-state index contributed by atoms with van der Waals surface area (Å²) in [5, 5.41) is 12.0. The van der Waals surface area contributed by atoms with Gasteiger partial charge in [0.1, 0.15) is 35.2 Å². The lowest BCUT2D eigenvalue weighted by molar-refractivity contribution is -0.137. The van der Waals surface area contributed by atoms with Crippen LogP contribution in [0.3, 0.4) is 0 Å². The number of rotatable bonds is 9. The molecule has 8 atom stereocenters. The summed E-state index contributed by atoms with van der Waals surface area (Å²) in [6, 6.07) is 17.8. The first kappa shape index (κ1) is 34.6. The van der Waals surface area contributed by atoms with Crippen molar-refractivity contribution in [2.45, 2.75) is 75.8 Å². The van der Waals surface area contributed by atoms with Gasteiger partial charge in [0.25, 0.3) is 0 Å².